The van der Waals surface area contributed by atoms with Crippen molar-refractivity contribution in [2.75, 3.05) is 33.9 Å². The second kappa shape index (κ2) is 14.9. The van der Waals surface area contributed by atoms with E-state index in [1.807, 2.05) is 18.2 Å². The lowest BCUT2D eigenvalue weighted by Crippen LogP contribution is -2.58. The number of esters is 1. The van der Waals surface area contributed by atoms with Crippen LogP contribution >= 0.6 is 12.4 Å². The topological polar surface area (TPSA) is 137 Å². The number of nitriles is 1. The summed E-state index contributed by atoms with van der Waals surface area (Å²) in [7, 11) is 2.50. The van der Waals surface area contributed by atoms with Gasteiger partial charge in [-0.3, -0.25) is 14.8 Å². The highest BCUT2D eigenvalue weighted by Gasteiger charge is 2.43. The predicted molar refractivity (Wildman–Crippen MR) is 152 cm³/mol. The summed E-state index contributed by atoms with van der Waals surface area (Å²) in [4.78, 5) is 42.9. The van der Waals surface area contributed by atoms with Crippen LogP contribution in [0.5, 0.6) is 0 Å². The maximum Gasteiger partial charge on any atom is 0.341 e. The monoisotopic (exact) mass is 618 g/mol. The number of aromatic nitrogens is 1. The number of rotatable bonds is 11. The van der Waals surface area contributed by atoms with E-state index in [4.69, 9.17) is 9.47 Å². The van der Waals surface area contributed by atoms with Crippen LogP contribution in [-0.4, -0.2) is 73.4 Å². The van der Waals surface area contributed by atoms with Crippen LogP contribution in [0.25, 0.3) is 0 Å². The van der Waals surface area contributed by atoms with Gasteiger partial charge < -0.3 is 20.1 Å². The molecule has 43 heavy (non-hydrogen) atoms. The van der Waals surface area contributed by atoms with Crippen molar-refractivity contribution in [2.45, 2.75) is 43.2 Å². The van der Waals surface area contributed by atoms with Gasteiger partial charge in [0, 0.05) is 25.9 Å². The SMILES string of the molecule is COCC1=C(C(=O)OC)C(c2ccc(F)c(F)c2)N(N(C=O)CCN[C@H]2CC[C@@](C#N)(c3ccccn3)CC2)C(=O)N1.Cl. The second-order valence-corrected chi connectivity index (χ2v) is 10.1. The lowest BCUT2D eigenvalue weighted by atomic mass is 9.71. The van der Waals surface area contributed by atoms with Crippen LogP contribution < -0.4 is 10.6 Å². The number of amides is 3. The Morgan fingerprint density at radius 1 is 1.26 bits per heavy atom. The van der Waals surface area contributed by atoms with Gasteiger partial charge in [-0.2, -0.15) is 5.26 Å². The first-order chi connectivity index (χ1) is 20.3. The number of methoxy groups -OCH3 is 2. The molecule has 14 heteroatoms. The van der Waals surface area contributed by atoms with E-state index in [1.54, 1.807) is 6.20 Å². The molecule has 1 aromatic carbocycles. The van der Waals surface area contributed by atoms with Gasteiger partial charge in [0.2, 0.25) is 6.41 Å². The first-order valence-electron chi connectivity index (χ1n) is 13.4. The van der Waals surface area contributed by atoms with Gasteiger partial charge in [0.05, 0.1) is 48.7 Å². The Kier molecular flexibility index (Phi) is 11.5. The minimum Gasteiger partial charge on any atom is -0.466 e. The minimum atomic E-state index is -1.32. The summed E-state index contributed by atoms with van der Waals surface area (Å²) in [5, 5.41) is 17.9. The molecular formula is C29H33ClF2N6O5. The molecule has 1 atom stereocenters. The number of urea groups is 1. The third kappa shape index (κ3) is 7.10. The van der Waals surface area contributed by atoms with E-state index in [0.717, 1.165) is 35.0 Å². The number of carbonyl (C=O) groups excluding carboxylic acids is 3. The molecule has 1 aromatic heterocycles. The number of hydrogen-bond acceptors (Lipinski definition) is 8. The summed E-state index contributed by atoms with van der Waals surface area (Å²) in [5.74, 6) is -3.15. The lowest BCUT2D eigenvalue weighted by molar-refractivity contribution is -0.141. The summed E-state index contributed by atoms with van der Waals surface area (Å²) in [6.07, 6.45) is 4.71. The van der Waals surface area contributed by atoms with Gasteiger partial charge in [-0.15, -0.1) is 12.4 Å². The number of ether oxygens (including phenoxy) is 2. The molecule has 230 valence electrons. The molecule has 2 aromatic rings. The molecular weight excluding hydrogens is 586 g/mol. The van der Waals surface area contributed by atoms with Crippen LogP contribution in [0.3, 0.4) is 0 Å². The van der Waals surface area contributed by atoms with Gasteiger partial charge in [0.1, 0.15) is 6.04 Å². The van der Waals surface area contributed by atoms with Gasteiger partial charge in [0.15, 0.2) is 11.6 Å². The Morgan fingerprint density at radius 2 is 2.00 bits per heavy atom. The van der Waals surface area contributed by atoms with Gasteiger partial charge >= 0.3 is 12.0 Å². The van der Waals surface area contributed by atoms with E-state index < -0.39 is 35.1 Å². The Bertz CT molecular complexity index is 1380. The number of benzene rings is 1. The van der Waals surface area contributed by atoms with Crippen molar-refractivity contribution in [3.63, 3.8) is 0 Å². The molecule has 1 fully saturated rings. The third-order valence-corrected chi connectivity index (χ3v) is 7.64. The van der Waals surface area contributed by atoms with E-state index in [9.17, 15) is 28.4 Å². The van der Waals surface area contributed by atoms with Crippen LogP contribution in [0.1, 0.15) is 43.0 Å². The van der Waals surface area contributed by atoms with Crippen LogP contribution in [-0.2, 0) is 24.5 Å². The number of hydrazine groups is 1. The smallest absolute Gasteiger partial charge is 0.341 e. The predicted octanol–water partition coefficient (Wildman–Crippen LogP) is 3.29. The van der Waals surface area contributed by atoms with Crippen molar-refractivity contribution < 1.29 is 32.6 Å². The summed E-state index contributed by atoms with van der Waals surface area (Å²) in [6.45, 7) is 0.0888. The maximum atomic E-state index is 14.3. The second-order valence-electron chi connectivity index (χ2n) is 10.1. The van der Waals surface area contributed by atoms with Gasteiger partial charge in [0.25, 0.3) is 0 Å². The molecule has 0 spiro atoms. The van der Waals surface area contributed by atoms with E-state index in [2.05, 4.69) is 21.7 Å². The number of pyridine rings is 1. The summed E-state index contributed by atoms with van der Waals surface area (Å²) in [5.41, 5.74) is 0.112. The number of nitrogens with zero attached hydrogens (tertiary/aromatic N) is 4. The van der Waals surface area contributed by atoms with Crippen molar-refractivity contribution in [1.29, 1.82) is 5.26 Å². The largest absolute Gasteiger partial charge is 0.466 e. The molecule has 1 unspecified atom stereocenters. The highest BCUT2D eigenvalue weighted by molar-refractivity contribution is 5.95. The normalized spacial score (nSPS) is 21.7. The molecule has 0 radical (unpaired) electrons. The summed E-state index contributed by atoms with van der Waals surface area (Å²) >= 11 is 0. The first kappa shape index (κ1) is 33.4. The quantitative estimate of drug-likeness (QED) is 0.289. The fourth-order valence-electron chi connectivity index (χ4n) is 5.50. The molecule has 0 bridgehead atoms. The highest BCUT2D eigenvalue weighted by Crippen LogP contribution is 2.38. The molecule has 2 heterocycles. The Labute approximate surface area is 254 Å². The van der Waals surface area contributed by atoms with Crippen LogP contribution in [0.15, 0.2) is 53.9 Å². The van der Waals surface area contributed by atoms with E-state index in [-0.39, 0.29) is 55.0 Å². The van der Waals surface area contributed by atoms with E-state index in [0.29, 0.717) is 32.1 Å². The van der Waals surface area contributed by atoms with Crippen molar-refractivity contribution in [3.05, 3.63) is 76.8 Å². The number of nitrogens with one attached hydrogen (secondary N) is 2. The zero-order valence-electron chi connectivity index (χ0n) is 23.7. The summed E-state index contributed by atoms with van der Waals surface area (Å²) in [6, 6.07) is 8.92. The number of halogens is 3. The average molecular weight is 619 g/mol. The molecule has 1 saturated carbocycles. The molecule has 1 aliphatic heterocycles. The van der Waals surface area contributed by atoms with Gasteiger partial charge in [-0.25, -0.2) is 23.4 Å². The molecule has 2 aliphatic rings. The van der Waals surface area contributed by atoms with Crippen LogP contribution in [0, 0.1) is 23.0 Å². The Hall–Kier alpha value is -4.12. The van der Waals surface area contributed by atoms with E-state index >= 15 is 0 Å². The first-order valence-corrected chi connectivity index (χ1v) is 13.4. The standard InChI is InChI=1S/C29H32F2N6O5.ClH/c1-41-16-23-25(27(39)42-2)26(19-6-7-21(30)22(31)15-19)37(28(40)35-23)36(18-38)14-13-33-20-8-10-29(17-32,11-9-20)24-5-3-4-12-34-24;/h3-7,12,15,18,20,26,33H,8-11,13-14,16H2,1-2H3,(H,35,40);1H/t20-,26?,29+;. The van der Waals surface area contributed by atoms with Crippen molar-refractivity contribution in [3.8, 4) is 6.07 Å². The fraction of sp³-hybridized carbons (Fsp3) is 0.414. The molecule has 3 amide bonds. The average Bonchev–Trinajstić information content (AvgIpc) is 3.01. The number of carbonyl (C=O) groups is 3. The molecule has 4 rings (SSSR count). The fourth-order valence-corrected chi connectivity index (χ4v) is 5.50. The zero-order valence-corrected chi connectivity index (χ0v) is 24.5. The Balaban J connectivity index is 0.00000506. The molecule has 11 nitrogen and oxygen atoms in total. The summed E-state index contributed by atoms with van der Waals surface area (Å²) < 4.78 is 38.2. The lowest BCUT2D eigenvalue weighted by Gasteiger charge is -2.42. The maximum absolute atomic E-state index is 14.3. The molecule has 1 aliphatic carbocycles. The van der Waals surface area contributed by atoms with Crippen molar-refractivity contribution in [1.82, 2.24) is 25.6 Å². The Morgan fingerprint density at radius 3 is 2.58 bits per heavy atom. The van der Waals surface area contributed by atoms with Crippen LogP contribution in [0.4, 0.5) is 13.6 Å². The zero-order chi connectivity index (χ0) is 30.3. The number of hydrogen-bond donors (Lipinski definition) is 2. The van der Waals surface area contributed by atoms with Gasteiger partial charge in [-0.05, 0) is 55.5 Å². The highest BCUT2D eigenvalue weighted by atomic mass is 35.5. The van der Waals surface area contributed by atoms with Crippen LogP contribution in [0.2, 0.25) is 0 Å². The van der Waals surface area contributed by atoms with E-state index in [1.165, 1.54) is 13.2 Å². The minimum absolute atomic E-state index is 0. The molecule has 2 N–H and O–H groups in total. The van der Waals surface area contributed by atoms with Crippen molar-refractivity contribution >= 4 is 30.8 Å². The third-order valence-electron chi connectivity index (χ3n) is 7.64. The van der Waals surface area contributed by atoms with Gasteiger partial charge in [-0.1, -0.05) is 12.1 Å². The molecule has 0 saturated heterocycles. The van der Waals surface area contributed by atoms with Crippen molar-refractivity contribution in [2.24, 2.45) is 0 Å².